The highest BCUT2D eigenvalue weighted by molar-refractivity contribution is 6.09. The van der Waals surface area contributed by atoms with Crippen molar-refractivity contribution < 1.29 is 19.4 Å². The van der Waals surface area contributed by atoms with Gasteiger partial charge in [0.25, 0.3) is 0 Å². The zero-order chi connectivity index (χ0) is 15.9. The summed E-state index contributed by atoms with van der Waals surface area (Å²) in [5.41, 5.74) is 1.25. The van der Waals surface area contributed by atoms with Gasteiger partial charge in [-0.3, -0.25) is 0 Å². The highest BCUT2D eigenvalue weighted by Gasteiger charge is 2.18. The summed E-state index contributed by atoms with van der Waals surface area (Å²) in [6, 6.07) is 7.05. The van der Waals surface area contributed by atoms with E-state index in [1.165, 1.54) is 7.11 Å². The molecule has 0 radical (unpaired) electrons. The molecular weight excluding hydrogens is 284 g/mol. The molecule has 0 saturated heterocycles. The van der Waals surface area contributed by atoms with E-state index in [1.54, 1.807) is 12.1 Å². The molecule has 0 amide bonds. The van der Waals surface area contributed by atoms with Crippen molar-refractivity contribution in [2.75, 3.05) is 13.7 Å². The van der Waals surface area contributed by atoms with Crippen LogP contribution < -0.4 is 10.4 Å². The van der Waals surface area contributed by atoms with Crippen molar-refractivity contribution in [2.24, 2.45) is 0 Å². The number of rotatable bonds is 3. The molecule has 1 heterocycles. The highest BCUT2D eigenvalue weighted by Crippen LogP contribution is 2.39. The fraction of sp³-hybridized carbons (Fsp3) is 0.235. The molecule has 0 aliphatic rings. The van der Waals surface area contributed by atoms with Crippen LogP contribution in [0.3, 0.4) is 0 Å². The predicted molar refractivity (Wildman–Crippen MR) is 83.7 cm³/mol. The van der Waals surface area contributed by atoms with Gasteiger partial charge < -0.3 is 19.4 Å². The Morgan fingerprint density at radius 3 is 2.73 bits per heavy atom. The van der Waals surface area contributed by atoms with Crippen LogP contribution in [-0.4, -0.2) is 23.9 Å². The molecule has 5 nitrogen and oxygen atoms in total. The van der Waals surface area contributed by atoms with Gasteiger partial charge >= 0.3 is 5.63 Å². The fourth-order valence-electron chi connectivity index (χ4n) is 2.90. The fourth-order valence-corrected chi connectivity index (χ4v) is 2.90. The van der Waals surface area contributed by atoms with Gasteiger partial charge in [-0.1, -0.05) is 18.2 Å². The van der Waals surface area contributed by atoms with Gasteiger partial charge in [0.1, 0.15) is 0 Å². The maximum Gasteiger partial charge on any atom is 0.344 e. The third kappa shape index (κ3) is 2.02. The normalized spacial score (nSPS) is 11.2. The number of phenolic OH excluding ortho intramolecular Hbond substituents is 1. The van der Waals surface area contributed by atoms with Crippen LogP contribution in [0, 0.1) is 6.92 Å². The van der Waals surface area contributed by atoms with Crippen molar-refractivity contribution in [1.29, 1.82) is 0 Å². The van der Waals surface area contributed by atoms with E-state index in [0.717, 1.165) is 21.9 Å². The first-order valence-electron chi connectivity index (χ1n) is 6.94. The largest absolute Gasteiger partial charge is 0.504 e. The Balaban J connectivity index is 2.57. The second kappa shape index (κ2) is 5.35. The molecule has 0 atom stereocenters. The molecule has 2 N–H and O–H groups in total. The summed E-state index contributed by atoms with van der Waals surface area (Å²) in [5.74, 6) is 0.0775. The average Bonchev–Trinajstić information content (AvgIpc) is 2.47. The van der Waals surface area contributed by atoms with E-state index in [2.05, 4.69) is 0 Å². The molecule has 0 aliphatic carbocycles. The number of ether oxygens (including phenoxy) is 1. The second-order valence-corrected chi connectivity index (χ2v) is 5.15. The quantitative estimate of drug-likeness (QED) is 0.574. The molecule has 114 valence electrons. The van der Waals surface area contributed by atoms with Crippen LogP contribution in [0.4, 0.5) is 0 Å². The number of benzene rings is 2. The minimum Gasteiger partial charge on any atom is -0.504 e. The molecule has 0 spiro atoms. The predicted octanol–water partition coefficient (Wildman–Crippen LogP) is 2.50. The third-order valence-corrected chi connectivity index (χ3v) is 3.82. The average molecular weight is 300 g/mol. The maximum atomic E-state index is 12.4. The van der Waals surface area contributed by atoms with Gasteiger partial charge in [0.05, 0.1) is 12.5 Å². The van der Waals surface area contributed by atoms with E-state index >= 15 is 0 Å². The van der Waals surface area contributed by atoms with Crippen molar-refractivity contribution in [3.05, 3.63) is 45.8 Å². The summed E-state index contributed by atoms with van der Waals surface area (Å²) >= 11 is 0. The van der Waals surface area contributed by atoms with Crippen LogP contribution >= 0.6 is 0 Å². The molecule has 5 heteroatoms. The topological polar surface area (TPSA) is 79.9 Å². The zero-order valence-corrected chi connectivity index (χ0v) is 12.3. The minimum atomic E-state index is -0.505. The van der Waals surface area contributed by atoms with Gasteiger partial charge in [0.15, 0.2) is 11.3 Å². The van der Waals surface area contributed by atoms with Crippen molar-refractivity contribution in [2.45, 2.75) is 13.3 Å². The lowest BCUT2D eigenvalue weighted by Crippen LogP contribution is -2.06. The van der Waals surface area contributed by atoms with Crippen molar-refractivity contribution in [1.82, 2.24) is 0 Å². The van der Waals surface area contributed by atoms with Crippen LogP contribution in [-0.2, 0) is 6.42 Å². The summed E-state index contributed by atoms with van der Waals surface area (Å²) in [7, 11) is 1.41. The number of methoxy groups -OCH3 is 1. The van der Waals surface area contributed by atoms with Crippen LogP contribution in [0.15, 0.2) is 33.5 Å². The molecule has 0 unspecified atom stereocenters. The highest BCUT2D eigenvalue weighted by atomic mass is 16.5. The van der Waals surface area contributed by atoms with Gasteiger partial charge in [-0.2, -0.15) is 0 Å². The van der Waals surface area contributed by atoms with Gasteiger partial charge in [-0.05, 0) is 30.5 Å². The molecule has 0 saturated carbocycles. The Morgan fingerprint density at radius 2 is 2.05 bits per heavy atom. The molecule has 3 rings (SSSR count). The van der Waals surface area contributed by atoms with E-state index in [4.69, 9.17) is 9.15 Å². The molecule has 0 aliphatic heterocycles. The number of hydrogen-bond donors (Lipinski definition) is 2. The van der Waals surface area contributed by atoms with E-state index < -0.39 is 5.63 Å². The van der Waals surface area contributed by atoms with Gasteiger partial charge in [-0.15, -0.1) is 0 Å². The third-order valence-electron chi connectivity index (χ3n) is 3.82. The second-order valence-electron chi connectivity index (χ2n) is 5.15. The van der Waals surface area contributed by atoms with E-state index in [1.807, 2.05) is 19.1 Å². The van der Waals surface area contributed by atoms with E-state index in [9.17, 15) is 15.0 Å². The lowest BCUT2D eigenvalue weighted by atomic mass is 9.98. The number of aryl methyl sites for hydroxylation is 1. The molecular formula is C17H16O5. The molecule has 2 aromatic carbocycles. The smallest absolute Gasteiger partial charge is 0.344 e. The zero-order valence-electron chi connectivity index (χ0n) is 12.3. The van der Waals surface area contributed by atoms with Crippen LogP contribution in [0.5, 0.6) is 11.5 Å². The first-order chi connectivity index (χ1) is 10.6. The standard InChI is InChI=1S/C17H16O5/c1-9-8-12(19)15(21-2)16-13(9)11-5-3-4-10(6-7-18)14(11)17(20)22-16/h3-5,8,18-19H,6-7H2,1-2H3. The first-order valence-corrected chi connectivity index (χ1v) is 6.94. The molecule has 0 fully saturated rings. The number of aliphatic hydroxyl groups is 1. The van der Waals surface area contributed by atoms with Crippen LogP contribution in [0.1, 0.15) is 11.1 Å². The number of hydrogen-bond acceptors (Lipinski definition) is 5. The van der Waals surface area contributed by atoms with Gasteiger partial charge in [0.2, 0.25) is 5.75 Å². The summed E-state index contributed by atoms with van der Waals surface area (Å²) in [5, 5.41) is 21.1. The Hall–Kier alpha value is -2.53. The van der Waals surface area contributed by atoms with Crippen molar-refractivity contribution in [3.8, 4) is 11.5 Å². The van der Waals surface area contributed by atoms with E-state index in [-0.39, 0.29) is 23.7 Å². The summed E-state index contributed by atoms with van der Waals surface area (Å²) in [6.45, 7) is 1.79. The Kier molecular flexibility index (Phi) is 3.50. The minimum absolute atomic E-state index is 0.0472. The van der Waals surface area contributed by atoms with Crippen LogP contribution in [0.25, 0.3) is 21.7 Å². The Morgan fingerprint density at radius 1 is 1.27 bits per heavy atom. The molecule has 3 aromatic rings. The Bertz CT molecular complexity index is 924. The number of fused-ring (bicyclic) bond motifs is 3. The summed E-state index contributed by atoms with van der Waals surface area (Å²) < 4.78 is 10.6. The lowest BCUT2D eigenvalue weighted by Gasteiger charge is -2.12. The molecule has 22 heavy (non-hydrogen) atoms. The Labute approximate surface area is 126 Å². The number of phenols is 1. The van der Waals surface area contributed by atoms with Crippen molar-refractivity contribution in [3.63, 3.8) is 0 Å². The first kappa shape index (κ1) is 14.4. The van der Waals surface area contributed by atoms with Crippen molar-refractivity contribution >= 4 is 21.7 Å². The molecule has 0 bridgehead atoms. The van der Waals surface area contributed by atoms with Gasteiger partial charge in [-0.25, -0.2) is 4.79 Å². The summed E-state index contributed by atoms with van der Waals surface area (Å²) in [4.78, 5) is 12.4. The number of aromatic hydroxyl groups is 1. The van der Waals surface area contributed by atoms with Crippen LogP contribution in [0.2, 0.25) is 0 Å². The van der Waals surface area contributed by atoms with Gasteiger partial charge in [0, 0.05) is 17.4 Å². The molecule has 1 aromatic heterocycles. The lowest BCUT2D eigenvalue weighted by molar-refractivity contribution is 0.300. The SMILES string of the molecule is COc1c(O)cc(C)c2c1oc(=O)c1c(CCO)cccc12. The monoisotopic (exact) mass is 300 g/mol. The maximum absolute atomic E-state index is 12.4. The summed E-state index contributed by atoms with van der Waals surface area (Å²) in [6.07, 6.45) is 0.377. The number of aliphatic hydroxyl groups excluding tert-OH is 1. The van der Waals surface area contributed by atoms with E-state index in [0.29, 0.717) is 11.8 Å².